The zero-order valence-corrected chi connectivity index (χ0v) is 21.6. The molecule has 0 heterocycles. The highest BCUT2D eigenvalue weighted by Crippen LogP contribution is 2.67. The molecule has 0 aromatic carbocycles. The van der Waals surface area contributed by atoms with E-state index in [1.54, 1.807) is 0 Å². The van der Waals surface area contributed by atoms with Crippen LogP contribution in [0.1, 0.15) is 99.3 Å². The maximum Gasteiger partial charge on any atom is 0.0757 e. The van der Waals surface area contributed by atoms with Crippen molar-refractivity contribution in [2.45, 2.75) is 118 Å². The largest absolute Gasteiger partial charge is 0.393 e. The smallest absolute Gasteiger partial charge is 0.0757 e. The Morgan fingerprint density at radius 1 is 1.00 bits per heavy atom. The Morgan fingerprint density at radius 3 is 2.38 bits per heavy atom. The highest BCUT2D eigenvalue weighted by Gasteiger charge is 2.61. The lowest BCUT2D eigenvalue weighted by molar-refractivity contribution is -0.103. The Balaban J connectivity index is 1.55. The molecule has 4 aliphatic carbocycles. The molecule has 0 aliphatic heterocycles. The average molecular weight is 447 g/mol. The van der Waals surface area contributed by atoms with Gasteiger partial charge in [-0.1, -0.05) is 59.6 Å². The molecule has 0 unspecified atom stereocenters. The summed E-state index contributed by atoms with van der Waals surface area (Å²) in [7, 11) is 0. The molecule has 11 atom stereocenters. The van der Waals surface area contributed by atoms with E-state index >= 15 is 0 Å². The summed E-state index contributed by atoms with van der Waals surface area (Å²) in [5.41, 5.74) is 1.70. The van der Waals surface area contributed by atoms with E-state index in [2.05, 4.69) is 47.6 Å². The van der Waals surface area contributed by atoms with Gasteiger partial charge in [0.1, 0.15) is 0 Å². The van der Waals surface area contributed by atoms with Crippen LogP contribution in [-0.4, -0.2) is 33.6 Å². The van der Waals surface area contributed by atoms with Crippen LogP contribution in [0.4, 0.5) is 0 Å². The van der Waals surface area contributed by atoms with E-state index in [0.717, 1.165) is 32.1 Å². The second-order valence-electron chi connectivity index (χ2n) is 13.1. The summed E-state index contributed by atoms with van der Waals surface area (Å²) >= 11 is 0. The molecule has 3 heteroatoms. The molecule has 3 fully saturated rings. The lowest BCUT2D eigenvalue weighted by Gasteiger charge is -2.59. The van der Waals surface area contributed by atoms with Gasteiger partial charge in [0, 0.05) is 0 Å². The Labute approximate surface area is 197 Å². The van der Waals surface area contributed by atoms with Gasteiger partial charge in [0.25, 0.3) is 0 Å². The summed E-state index contributed by atoms with van der Waals surface area (Å²) in [6, 6.07) is 0. The van der Waals surface area contributed by atoms with Gasteiger partial charge in [-0.2, -0.15) is 0 Å². The van der Waals surface area contributed by atoms with Gasteiger partial charge in [-0.05, 0) is 104 Å². The van der Waals surface area contributed by atoms with Crippen molar-refractivity contribution in [3.8, 4) is 0 Å². The normalized spacial score (nSPS) is 46.6. The van der Waals surface area contributed by atoms with Gasteiger partial charge in [-0.25, -0.2) is 0 Å². The molecule has 32 heavy (non-hydrogen) atoms. The number of rotatable bonds is 6. The zero-order chi connectivity index (χ0) is 23.4. The third-order valence-corrected chi connectivity index (χ3v) is 11.4. The predicted octanol–water partition coefficient (Wildman–Crippen LogP) is 5.97. The van der Waals surface area contributed by atoms with Gasteiger partial charge in [0.2, 0.25) is 0 Å². The number of fused-ring (bicyclic) bond motifs is 5. The van der Waals surface area contributed by atoms with Crippen molar-refractivity contribution >= 4 is 0 Å². The van der Waals surface area contributed by atoms with E-state index in [4.69, 9.17) is 0 Å². The van der Waals surface area contributed by atoms with E-state index in [1.807, 2.05) is 0 Å². The fraction of sp³-hybridized carbons (Fsp3) is 0.931. The maximum atomic E-state index is 11.3. The zero-order valence-electron chi connectivity index (χ0n) is 21.6. The molecule has 4 aliphatic rings. The van der Waals surface area contributed by atoms with Gasteiger partial charge in [0.05, 0.1) is 18.3 Å². The minimum absolute atomic E-state index is 0.152. The van der Waals surface area contributed by atoms with Crippen molar-refractivity contribution in [3.05, 3.63) is 11.6 Å². The SMILES string of the molecule is CC[C@H](C[C@H](O)[C@@H](C)[C@H]1CC[C@H]2[C@@H]3[C@H](O)C=C4C[C@@H](O)CC[C@]4(C)[C@H]3CC[C@]12C)C(C)C. The van der Waals surface area contributed by atoms with Crippen LogP contribution in [0.3, 0.4) is 0 Å². The molecular weight excluding hydrogens is 396 g/mol. The maximum absolute atomic E-state index is 11.3. The van der Waals surface area contributed by atoms with E-state index in [9.17, 15) is 15.3 Å². The van der Waals surface area contributed by atoms with Gasteiger partial charge in [0.15, 0.2) is 0 Å². The number of aliphatic hydroxyl groups is 3. The topological polar surface area (TPSA) is 60.7 Å². The van der Waals surface area contributed by atoms with Crippen molar-refractivity contribution < 1.29 is 15.3 Å². The first-order chi connectivity index (χ1) is 15.0. The quantitative estimate of drug-likeness (QED) is 0.441. The van der Waals surface area contributed by atoms with Crippen LogP contribution in [0, 0.1) is 52.3 Å². The second kappa shape index (κ2) is 9.00. The van der Waals surface area contributed by atoms with Crippen LogP contribution < -0.4 is 0 Å². The number of hydrogen-bond donors (Lipinski definition) is 3. The lowest BCUT2D eigenvalue weighted by Crippen LogP contribution is -2.55. The van der Waals surface area contributed by atoms with Crippen LogP contribution in [0.25, 0.3) is 0 Å². The molecule has 3 nitrogen and oxygen atoms in total. The second-order valence-corrected chi connectivity index (χ2v) is 13.1. The third-order valence-electron chi connectivity index (χ3n) is 11.4. The summed E-state index contributed by atoms with van der Waals surface area (Å²) < 4.78 is 0. The lowest BCUT2D eigenvalue weighted by atomic mass is 9.46. The van der Waals surface area contributed by atoms with Crippen molar-refractivity contribution in [3.63, 3.8) is 0 Å². The van der Waals surface area contributed by atoms with E-state index in [-0.39, 0.29) is 29.1 Å². The molecule has 3 saturated carbocycles. The van der Waals surface area contributed by atoms with Crippen LogP contribution in [0.2, 0.25) is 0 Å². The van der Waals surface area contributed by atoms with E-state index in [1.165, 1.54) is 31.3 Å². The summed E-state index contributed by atoms with van der Waals surface area (Å²) in [5, 5.41) is 32.9. The first kappa shape index (κ1) is 24.7. The predicted molar refractivity (Wildman–Crippen MR) is 131 cm³/mol. The first-order valence-electron chi connectivity index (χ1n) is 13.8. The van der Waals surface area contributed by atoms with Crippen LogP contribution in [-0.2, 0) is 0 Å². The molecular formula is C29H50O3. The highest BCUT2D eigenvalue weighted by atomic mass is 16.3. The van der Waals surface area contributed by atoms with Crippen LogP contribution in [0.5, 0.6) is 0 Å². The summed E-state index contributed by atoms with van der Waals surface area (Å²) in [6.07, 6.45) is 10.9. The molecule has 0 amide bonds. The van der Waals surface area contributed by atoms with E-state index < -0.39 is 0 Å². The summed E-state index contributed by atoms with van der Waals surface area (Å²) in [4.78, 5) is 0. The Kier molecular flexibility index (Phi) is 6.96. The molecule has 0 aromatic rings. The molecule has 3 N–H and O–H groups in total. The van der Waals surface area contributed by atoms with Crippen LogP contribution >= 0.6 is 0 Å². The van der Waals surface area contributed by atoms with Crippen molar-refractivity contribution in [2.75, 3.05) is 0 Å². The number of aliphatic hydroxyl groups excluding tert-OH is 3. The third kappa shape index (κ3) is 3.93. The van der Waals surface area contributed by atoms with Crippen molar-refractivity contribution in [1.29, 1.82) is 0 Å². The molecule has 0 spiro atoms. The molecule has 0 aromatic heterocycles. The van der Waals surface area contributed by atoms with Gasteiger partial charge < -0.3 is 15.3 Å². The summed E-state index contributed by atoms with van der Waals surface area (Å²) in [6.45, 7) is 14.1. The standard InChI is InChI=1S/C29H50O3/c1-7-19(17(2)3)14-25(31)18(4)22-8-9-23-27-24(11-13-29(22,23)6)28(5)12-10-21(30)15-20(28)16-26(27)32/h16-19,21-27,30-32H,7-15H2,1-6H3/t18-,19+,21-,22+,23-,24-,25-,26+,27-,28-,29+/m0/s1. The number of hydrogen-bond acceptors (Lipinski definition) is 3. The van der Waals surface area contributed by atoms with E-state index in [0.29, 0.717) is 41.4 Å². The Bertz CT molecular complexity index is 701. The van der Waals surface area contributed by atoms with Crippen molar-refractivity contribution in [1.82, 2.24) is 0 Å². The minimum atomic E-state index is -0.373. The molecule has 0 bridgehead atoms. The highest BCUT2D eigenvalue weighted by molar-refractivity contribution is 5.28. The fourth-order valence-electron chi connectivity index (χ4n) is 9.24. The summed E-state index contributed by atoms with van der Waals surface area (Å²) in [5.74, 6) is 3.51. The van der Waals surface area contributed by atoms with Gasteiger partial charge in [-0.15, -0.1) is 0 Å². The average Bonchev–Trinajstić information content (AvgIpc) is 3.09. The first-order valence-corrected chi connectivity index (χ1v) is 13.8. The molecule has 0 radical (unpaired) electrons. The molecule has 184 valence electrons. The van der Waals surface area contributed by atoms with Gasteiger partial charge >= 0.3 is 0 Å². The Morgan fingerprint density at radius 2 is 1.72 bits per heavy atom. The molecule has 4 rings (SSSR count). The Hall–Kier alpha value is -0.380. The minimum Gasteiger partial charge on any atom is -0.393 e. The van der Waals surface area contributed by atoms with Crippen molar-refractivity contribution in [2.24, 2.45) is 52.3 Å². The van der Waals surface area contributed by atoms with Crippen LogP contribution in [0.15, 0.2) is 11.6 Å². The van der Waals surface area contributed by atoms with Gasteiger partial charge in [-0.3, -0.25) is 0 Å². The monoisotopic (exact) mass is 446 g/mol. The fourth-order valence-corrected chi connectivity index (χ4v) is 9.24. The molecule has 0 saturated heterocycles.